The number of aromatic amines is 1. The van der Waals surface area contributed by atoms with Crippen molar-refractivity contribution in [1.82, 2.24) is 20.2 Å². The standard InChI is InChI=1S/C19H18N6/c20-11-14-8-9-17(21-12-14)25-10-4-7-16(13-25)19-22-18(23-24-19)15-5-2-1-3-6-15/h1-3,5-6,8-9,12,16H,4,7,10,13H2,(H,22,23,24). The van der Waals surface area contributed by atoms with Crippen molar-refractivity contribution in [1.29, 1.82) is 5.26 Å². The molecule has 124 valence electrons. The van der Waals surface area contributed by atoms with Gasteiger partial charge < -0.3 is 4.90 Å². The van der Waals surface area contributed by atoms with Crippen molar-refractivity contribution < 1.29 is 0 Å². The Labute approximate surface area is 146 Å². The van der Waals surface area contributed by atoms with E-state index >= 15 is 0 Å². The highest BCUT2D eigenvalue weighted by atomic mass is 15.2. The predicted molar refractivity (Wildman–Crippen MR) is 95.0 cm³/mol. The molecule has 1 fully saturated rings. The Balaban J connectivity index is 1.51. The van der Waals surface area contributed by atoms with Crippen molar-refractivity contribution >= 4 is 5.82 Å². The summed E-state index contributed by atoms with van der Waals surface area (Å²) >= 11 is 0. The molecular formula is C19H18N6. The zero-order valence-electron chi connectivity index (χ0n) is 13.8. The highest BCUT2D eigenvalue weighted by Gasteiger charge is 2.25. The molecule has 1 unspecified atom stereocenters. The van der Waals surface area contributed by atoms with Gasteiger partial charge >= 0.3 is 0 Å². The van der Waals surface area contributed by atoms with Crippen molar-refractivity contribution in [2.45, 2.75) is 18.8 Å². The van der Waals surface area contributed by atoms with E-state index < -0.39 is 0 Å². The number of nitrogens with one attached hydrogen (secondary N) is 1. The fourth-order valence-corrected chi connectivity index (χ4v) is 3.22. The lowest BCUT2D eigenvalue weighted by Crippen LogP contribution is -2.35. The van der Waals surface area contributed by atoms with E-state index in [1.807, 2.05) is 42.5 Å². The van der Waals surface area contributed by atoms with E-state index in [1.54, 1.807) is 6.20 Å². The topological polar surface area (TPSA) is 81.5 Å². The molecule has 1 aromatic carbocycles. The molecule has 1 saturated heterocycles. The van der Waals surface area contributed by atoms with Gasteiger partial charge in [-0.25, -0.2) is 9.97 Å². The molecule has 0 bridgehead atoms. The summed E-state index contributed by atoms with van der Waals surface area (Å²) in [6, 6.07) is 15.8. The lowest BCUT2D eigenvalue weighted by molar-refractivity contribution is 0.490. The number of piperidine rings is 1. The van der Waals surface area contributed by atoms with Gasteiger partial charge in [0.15, 0.2) is 5.82 Å². The third kappa shape index (κ3) is 3.22. The molecule has 0 aliphatic carbocycles. The number of aromatic nitrogens is 4. The molecule has 0 radical (unpaired) electrons. The normalized spacial score (nSPS) is 17.2. The fraction of sp³-hybridized carbons (Fsp3) is 0.263. The van der Waals surface area contributed by atoms with Crippen LogP contribution in [0, 0.1) is 11.3 Å². The lowest BCUT2D eigenvalue weighted by Gasteiger charge is -2.32. The number of benzene rings is 1. The fourth-order valence-electron chi connectivity index (χ4n) is 3.22. The Morgan fingerprint density at radius 1 is 1.16 bits per heavy atom. The Kier molecular flexibility index (Phi) is 4.13. The van der Waals surface area contributed by atoms with Crippen molar-refractivity contribution in [2.24, 2.45) is 0 Å². The maximum absolute atomic E-state index is 8.90. The SMILES string of the molecule is N#Cc1ccc(N2CCCC(c3nc(-c4ccccc4)n[nH]3)C2)nc1. The van der Waals surface area contributed by atoms with E-state index in [9.17, 15) is 0 Å². The van der Waals surface area contributed by atoms with Crippen LogP contribution in [-0.4, -0.2) is 33.3 Å². The van der Waals surface area contributed by atoms with Crippen LogP contribution in [-0.2, 0) is 0 Å². The summed E-state index contributed by atoms with van der Waals surface area (Å²) < 4.78 is 0. The number of hydrogen-bond acceptors (Lipinski definition) is 5. The molecule has 3 aromatic rings. The van der Waals surface area contributed by atoms with E-state index in [0.29, 0.717) is 11.5 Å². The zero-order valence-corrected chi connectivity index (χ0v) is 13.8. The Bertz CT molecular complexity index is 878. The van der Waals surface area contributed by atoms with Crippen LogP contribution < -0.4 is 4.90 Å². The van der Waals surface area contributed by atoms with Crippen LogP contribution in [0.2, 0.25) is 0 Å². The summed E-state index contributed by atoms with van der Waals surface area (Å²) in [6.07, 6.45) is 3.78. The number of rotatable bonds is 3. The molecule has 2 aromatic heterocycles. The quantitative estimate of drug-likeness (QED) is 0.798. The van der Waals surface area contributed by atoms with E-state index in [0.717, 1.165) is 49.0 Å². The minimum absolute atomic E-state index is 0.302. The van der Waals surface area contributed by atoms with Gasteiger partial charge in [0.2, 0.25) is 0 Å². The first-order valence-electron chi connectivity index (χ1n) is 8.42. The van der Waals surface area contributed by atoms with Crippen LogP contribution in [0.3, 0.4) is 0 Å². The summed E-state index contributed by atoms with van der Waals surface area (Å²) in [5.41, 5.74) is 1.60. The Hall–Kier alpha value is -3.20. The number of nitriles is 1. The summed E-state index contributed by atoms with van der Waals surface area (Å²) in [5, 5.41) is 16.4. The number of nitrogens with zero attached hydrogens (tertiary/aromatic N) is 5. The molecule has 3 heterocycles. The monoisotopic (exact) mass is 330 g/mol. The maximum atomic E-state index is 8.90. The predicted octanol–water partition coefficient (Wildman–Crippen LogP) is 3.12. The molecule has 1 aliphatic rings. The molecule has 1 N–H and O–H groups in total. The van der Waals surface area contributed by atoms with E-state index in [4.69, 9.17) is 10.2 Å². The Morgan fingerprint density at radius 2 is 2.04 bits per heavy atom. The first-order valence-corrected chi connectivity index (χ1v) is 8.42. The first-order chi connectivity index (χ1) is 12.3. The van der Waals surface area contributed by atoms with Gasteiger partial charge in [0.25, 0.3) is 0 Å². The Morgan fingerprint density at radius 3 is 2.80 bits per heavy atom. The first kappa shape index (κ1) is 15.3. The van der Waals surface area contributed by atoms with Crippen molar-refractivity contribution in [2.75, 3.05) is 18.0 Å². The van der Waals surface area contributed by atoms with Gasteiger partial charge in [-0.15, -0.1) is 0 Å². The van der Waals surface area contributed by atoms with Crippen molar-refractivity contribution in [3.8, 4) is 17.5 Å². The van der Waals surface area contributed by atoms with Gasteiger partial charge in [0.05, 0.1) is 5.56 Å². The lowest BCUT2D eigenvalue weighted by atomic mass is 9.97. The molecule has 25 heavy (non-hydrogen) atoms. The van der Waals surface area contributed by atoms with Gasteiger partial charge in [-0.3, -0.25) is 5.10 Å². The summed E-state index contributed by atoms with van der Waals surface area (Å²) in [4.78, 5) is 11.4. The molecule has 6 nitrogen and oxygen atoms in total. The van der Waals surface area contributed by atoms with Gasteiger partial charge in [-0.2, -0.15) is 10.4 Å². The minimum Gasteiger partial charge on any atom is -0.356 e. The molecule has 1 atom stereocenters. The second kappa shape index (κ2) is 6.73. The highest BCUT2D eigenvalue weighted by molar-refractivity contribution is 5.54. The minimum atomic E-state index is 0.302. The number of H-pyrrole nitrogens is 1. The third-order valence-corrected chi connectivity index (χ3v) is 4.54. The van der Waals surface area contributed by atoms with Crippen LogP contribution in [0.25, 0.3) is 11.4 Å². The zero-order chi connectivity index (χ0) is 17.1. The summed E-state index contributed by atoms with van der Waals surface area (Å²) in [5.74, 6) is 2.88. The highest BCUT2D eigenvalue weighted by Crippen LogP contribution is 2.28. The number of anilines is 1. The smallest absolute Gasteiger partial charge is 0.181 e. The van der Waals surface area contributed by atoms with Crippen molar-refractivity contribution in [3.05, 3.63) is 60.0 Å². The maximum Gasteiger partial charge on any atom is 0.181 e. The van der Waals surface area contributed by atoms with Gasteiger partial charge in [-0.05, 0) is 25.0 Å². The van der Waals surface area contributed by atoms with Gasteiger partial charge in [0, 0.05) is 30.8 Å². The molecule has 6 heteroatoms. The molecule has 0 spiro atoms. The molecular weight excluding hydrogens is 312 g/mol. The van der Waals surface area contributed by atoms with Gasteiger partial charge in [0.1, 0.15) is 17.7 Å². The van der Waals surface area contributed by atoms with Crippen LogP contribution in [0.5, 0.6) is 0 Å². The number of pyridine rings is 1. The van der Waals surface area contributed by atoms with Crippen LogP contribution >= 0.6 is 0 Å². The van der Waals surface area contributed by atoms with Crippen molar-refractivity contribution in [3.63, 3.8) is 0 Å². The van der Waals surface area contributed by atoms with Gasteiger partial charge in [-0.1, -0.05) is 30.3 Å². The summed E-state index contributed by atoms with van der Waals surface area (Å²) in [7, 11) is 0. The van der Waals surface area contributed by atoms with E-state index in [-0.39, 0.29) is 0 Å². The van der Waals surface area contributed by atoms with Crippen LogP contribution in [0.1, 0.15) is 30.1 Å². The molecule has 1 aliphatic heterocycles. The summed E-state index contributed by atoms with van der Waals surface area (Å²) in [6.45, 7) is 1.82. The third-order valence-electron chi connectivity index (χ3n) is 4.54. The molecule has 4 rings (SSSR count). The van der Waals surface area contributed by atoms with Crippen LogP contribution in [0.4, 0.5) is 5.82 Å². The average molecular weight is 330 g/mol. The average Bonchev–Trinajstić information content (AvgIpc) is 3.19. The second-order valence-corrected chi connectivity index (χ2v) is 6.21. The van der Waals surface area contributed by atoms with Crippen LogP contribution in [0.15, 0.2) is 48.7 Å². The second-order valence-electron chi connectivity index (χ2n) is 6.21. The molecule has 0 saturated carbocycles. The van der Waals surface area contributed by atoms with E-state index in [2.05, 4.69) is 26.2 Å². The van der Waals surface area contributed by atoms with E-state index in [1.165, 1.54) is 0 Å². The number of hydrogen-bond donors (Lipinski definition) is 1. The molecule has 0 amide bonds. The largest absolute Gasteiger partial charge is 0.356 e.